The van der Waals surface area contributed by atoms with Crippen LogP contribution in [0.3, 0.4) is 0 Å². The standard InChI is InChI=1S/C20H14Cl2O4S/c1-27(23,24)14-5-2-12(3-6-14)15-9-19-20(26-11-25-19)10-16(15)13-4-7-17(21)18(22)8-13/h2-10H,11H2,1H3. The van der Waals surface area contributed by atoms with Crippen molar-refractivity contribution in [2.75, 3.05) is 13.0 Å². The summed E-state index contributed by atoms with van der Waals surface area (Å²) in [5.41, 5.74) is 3.47. The van der Waals surface area contributed by atoms with E-state index in [0.717, 1.165) is 22.3 Å². The molecule has 0 radical (unpaired) electrons. The van der Waals surface area contributed by atoms with E-state index in [2.05, 4.69) is 0 Å². The fraction of sp³-hybridized carbons (Fsp3) is 0.100. The first-order valence-corrected chi connectivity index (χ1v) is 10.7. The van der Waals surface area contributed by atoms with Crippen molar-refractivity contribution in [1.82, 2.24) is 0 Å². The third kappa shape index (κ3) is 3.50. The Bertz CT molecular complexity index is 1140. The maximum atomic E-state index is 11.7. The van der Waals surface area contributed by atoms with Crippen molar-refractivity contribution in [2.24, 2.45) is 0 Å². The molecule has 4 rings (SSSR count). The lowest BCUT2D eigenvalue weighted by atomic mass is 9.94. The summed E-state index contributed by atoms with van der Waals surface area (Å²) in [4.78, 5) is 0.267. The highest BCUT2D eigenvalue weighted by atomic mass is 35.5. The molecule has 1 aliphatic rings. The van der Waals surface area contributed by atoms with Crippen LogP contribution in [0.5, 0.6) is 11.5 Å². The van der Waals surface area contributed by atoms with Gasteiger partial charge in [0.05, 0.1) is 14.9 Å². The van der Waals surface area contributed by atoms with Crippen LogP contribution >= 0.6 is 23.2 Å². The average molecular weight is 421 g/mol. The molecular weight excluding hydrogens is 407 g/mol. The molecule has 0 bridgehead atoms. The number of rotatable bonds is 3. The molecule has 0 saturated carbocycles. The summed E-state index contributed by atoms with van der Waals surface area (Å²) < 4.78 is 34.5. The van der Waals surface area contributed by atoms with E-state index >= 15 is 0 Å². The first-order chi connectivity index (χ1) is 12.8. The van der Waals surface area contributed by atoms with Gasteiger partial charge in [0.1, 0.15) is 0 Å². The van der Waals surface area contributed by atoms with Gasteiger partial charge in [0.25, 0.3) is 0 Å². The predicted octanol–water partition coefficient (Wildman–Crippen LogP) is 5.46. The fourth-order valence-electron chi connectivity index (χ4n) is 2.96. The van der Waals surface area contributed by atoms with Gasteiger partial charge in [0, 0.05) is 6.26 Å². The smallest absolute Gasteiger partial charge is 0.231 e. The molecule has 0 spiro atoms. The van der Waals surface area contributed by atoms with Crippen molar-refractivity contribution in [3.8, 4) is 33.8 Å². The summed E-state index contributed by atoms with van der Waals surface area (Å²) in [5, 5.41) is 0.922. The Morgan fingerprint density at radius 1 is 0.778 bits per heavy atom. The van der Waals surface area contributed by atoms with Gasteiger partial charge >= 0.3 is 0 Å². The van der Waals surface area contributed by atoms with E-state index < -0.39 is 9.84 Å². The average Bonchev–Trinajstić information content (AvgIpc) is 3.10. The fourth-order valence-corrected chi connectivity index (χ4v) is 3.89. The van der Waals surface area contributed by atoms with Crippen molar-refractivity contribution in [1.29, 1.82) is 0 Å². The zero-order chi connectivity index (χ0) is 19.2. The number of ether oxygens (including phenoxy) is 2. The second-order valence-electron chi connectivity index (χ2n) is 6.18. The summed E-state index contributed by atoms with van der Waals surface area (Å²) in [6, 6.07) is 15.9. The van der Waals surface area contributed by atoms with Crippen LogP contribution in [0.1, 0.15) is 0 Å². The number of halogens is 2. The Kier molecular flexibility index (Phi) is 4.54. The lowest BCUT2D eigenvalue weighted by molar-refractivity contribution is 0.174. The summed E-state index contributed by atoms with van der Waals surface area (Å²) >= 11 is 12.2. The maximum Gasteiger partial charge on any atom is 0.231 e. The molecule has 3 aromatic rings. The van der Waals surface area contributed by atoms with E-state index in [4.69, 9.17) is 32.7 Å². The molecule has 3 aromatic carbocycles. The molecule has 4 nitrogen and oxygen atoms in total. The van der Waals surface area contributed by atoms with E-state index in [9.17, 15) is 8.42 Å². The first kappa shape index (κ1) is 18.2. The largest absolute Gasteiger partial charge is 0.454 e. The molecule has 1 aliphatic heterocycles. The molecular formula is C20H14Cl2O4S. The lowest BCUT2D eigenvalue weighted by Crippen LogP contribution is -1.96. The van der Waals surface area contributed by atoms with E-state index in [1.807, 2.05) is 18.2 Å². The van der Waals surface area contributed by atoms with Crippen molar-refractivity contribution in [3.05, 3.63) is 64.6 Å². The number of benzene rings is 3. The molecule has 0 N–H and O–H groups in total. The van der Waals surface area contributed by atoms with Gasteiger partial charge in [0.2, 0.25) is 6.79 Å². The first-order valence-electron chi connectivity index (χ1n) is 8.02. The Labute approximate surface area is 167 Å². The zero-order valence-corrected chi connectivity index (χ0v) is 16.5. The van der Waals surface area contributed by atoms with Crippen LogP contribution in [-0.4, -0.2) is 21.5 Å². The third-order valence-corrected chi connectivity index (χ3v) is 6.20. The van der Waals surface area contributed by atoms with E-state index in [1.54, 1.807) is 36.4 Å². The normalized spacial score (nSPS) is 13.0. The minimum atomic E-state index is -3.26. The molecule has 0 amide bonds. The number of fused-ring (bicyclic) bond motifs is 1. The second kappa shape index (κ2) is 6.75. The summed E-state index contributed by atoms with van der Waals surface area (Å²) in [5.74, 6) is 1.29. The number of sulfone groups is 1. The van der Waals surface area contributed by atoms with Gasteiger partial charge < -0.3 is 9.47 Å². The van der Waals surface area contributed by atoms with Gasteiger partial charge in [-0.25, -0.2) is 8.42 Å². The zero-order valence-electron chi connectivity index (χ0n) is 14.2. The molecule has 27 heavy (non-hydrogen) atoms. The van der Waals surface area contributed by atoms with Crippen LogP contribution in [0.15, 0.2) is 59.5 Å². The molecule has 0 atom stereocenters. The molecule has 0 unspecified atom stereocenters. The molecule has 0 saturated heterocycles. The Hall–Kier alpha value is -2.21. The third-order valence-electron chi connectivity index (χ3n) is 4.34. The Balaban J connectivity index is 1.90. The topological polar surface area (TPSA) is 52.6 Å². The van der Waals surface area contributed by atoms with Crippen LogP contribution in [0.25, 0.3) is 22.3 Å². The molecule has 0 aliphatic carbocycles. The van der Waals surface area contributed by atoms with Gasteiger partial charge in [-0.3, -0.25) is 0 Å². The van der Waals surface area contributed by atoms with E-state index in [1.165, 1.54) is 6.26 Å². The Morgan fingerprint density at radius 3 is 1.89 bits per heavy atom. The number of hydrogen-bond acceptors (Lipinski definition) is 4. The van der Waals surface area contributed by atoms with Crippen LogP contribution in [0.4, 0.5) is 0 Å². The molecule has 0 fully saturated rings. The van der Waals surface area contributed by atoms with Gasteiger partial charge in [-0.15, -0.1) is 0 Å². The van der Waals surface area contributed by atoms with Crippen LogP contribution < -0.4 is 9.47 Å². The maximum absolute atomic E-state index is 11.7. The molecule has 7 heteroatoms. The van der Waals surface area contributed by atoms with Gasteiger partial charge in [-0.2, -0.15) is 0 Å². The lowest BCUT2D eigenvalue weighted by Gasteiger charge is -2.13. The quantitative estimate of drug-likeness (QED) is 0.564. The second-order valence-corrected chi connectivity index (χ2v) is 9.01. The SMILES string of the molecule is CS(=O)(=O)c1ccc(-c2cc3c(cc2-c2ccc(Cl)c(Cl)c2)OCO3)cc1. The van der Waals surface area contributed by atoms with Gasteiger partial charge in [0.15, 0.2) is 21.3 Å². The van der Waals surface area contributed by atoms with E-state index in [0.29, 0.717) is 21.5 Å². The minimum absolute atomic E-state index is 0.159. The van der Waals surface area contributed by atoms with E-state index in [-0.39, 0.29) is 11.7 Å². The molecule has 0 aromatic heterocycles. The monoisotopic (exact) mass is 420 g/mol. The minimum Gasteiger partial charge on any atom is -0.454 e. The summed E-state index contributed by atoms with van der Waals surface area (Å²) in [6.07, 6.45) is 1.18. The highest BCUT2D eigenvalue weighted by Gasteiger charge is 2.20. The highest BCUT2D eigenvalue weighted by molar-refractivity contribution is 7.90. The number of hydrogen-bond donors (Lipinski definition) is 0. The predicted molar refractivity (Wildman–Crippen MR) is 107 cm³/mol. The van der Waals surface area contributed by atoms with Crippen LogP contribution in [-0.2, 0) is 9.84 Å². The molecule has 1 heterocycles. The van der Waals surface area contributed by atoms with Gasteiger partial charge in [-0.1, -0.05) is 41.4 Å². The molecule has 138 valence electrons. The van der Waals surface area contributed by atoms with Crippen molar-refractivity contribution >= 4 is 33.0 Å². The van der Waals surface area contributed by atoms with Gasteiger partial charge in [-0.05, 0) is 58.7 Å². The Morgan fingerprint density at radius 2 is 1.33 bits per heavy atom. The van der Waals surface area contributed by atoms with Crippen LogP contribution in [0, 0.1) is 0 Å². The summed E-state index contributed by atoms with van der Waals surface area (Å²) in [7, 11) is -3.26. The van der Waals surface area contributed by atoms with Crippen molar-refractivity contribution in [2.45, 2.75) is 4.90 Å². The van der Waals surface area contributed by atoms with Crippen molar-refractivity contribution < 1.29 is 17.9 Å². The highest BCUT2D eigenvalue weighted by Crippen LogP contribution is 2.44. The van der Waals surface area contributed by atoms with Crippen LogP contribution in [0.2, 0.25) is 10.0 Å². The summed E-state index contributed by atoms with van der Waals surface area (Å²) in [6.45, 7) is 0.159. The van der Waals surface area contributed by atoms with Crippen molar-refractivity contribution in [3.63, 3.8) is 0 Å².